The first kappa shape index (κ1) is 20.3. The first-order valence-electron chi connectivity index (χ1n) is 10.4. The average Bonchev–Trinajstić information content (AvgIpc) is 3.03. The zero-order chi connectivity index (χ0) is 20.4. The molecule has 0 N–H and O–H groups in total. The van der Waals surface area contributed by atoms with E-state index >= 15 is 0 Å². The topological polar surface area (TPSA) is 72.9 Å². The number of hydrogen-bond donors (Lipinski definition) is 0. The van der Waals surface area contributed by atoms with Crippen LogP contribution in [0.3, 0.4) is 0 Å². The van der Waals surface area contributed by atoms with Crippen molar-refractivity contribution in [2.75, 3.05) is 63.2 Å². The zero-order valence-corrected chi connectivity index (χ0v) is 18.1. The normalized spacial score (nSPS) is 20.0. The average molecular weight is 419 g/mol. The van der Waals surface area contributed by atoms with Crippen molar-refractivity contribution in [3.05, 3.63) is 24.5 Å². The van der Waals surface area contributed by atoms with Crippen LogP contribution in [0.15, 0.2) is 24.5 Å². The summed E-state index contributed by atoms with van der Waals surface area (Å²) >= 11 is 0. The molecule has 0 radical (unpaired) electrons. The molecule has 158 valence electrons. The second kappa shape index (κ2) is 8.41. The SMILES string of the molecule is CN(C)c1ncnc2ccc(N3CCN(S(=O)(=O)N4CCCCCC4)CC3)cc12. The molecule has 0 bridgehead atoms. The Morgan fingerprint density at radius 2 is 1.52 bits per heavy atom. The third kappa shape index (κ3) is 4.17. The molecule has 2 aliphatic rings. The predicted octanol–water partition coefficient (Wildman–Crippen LogP) is 1.94. The van der Waals surface area contributed by atoms with E-state index in [4.69, 9.17) is 0 Å². The van der Waals surface area contributed by atoms with Crippen molar-refractivity contribution in [2.24, 2.45) is 0 Å². The second-order valence-electron chi connectivity index (χ2n) is 8.00. The Balaban J connectivity index is 1.49. The van der Waals surface area contributed by atoms with Crippen LogP contribution < -0.4 is 9.80 Å². The molecule has 0 atom stereocenters. The van der Waals surface area contributed by atoms with Gasteiger partial charge in [0.05, 0.1) is 5.52 Å². The summed E-state index contributed by atoms with van der Waals surface area (Å²) in [7, 11) is 0.593. The van der Waals surface area contributed by atoms with Crippen LogP contribution >= 0.6 is 0 Å². The van der Waals surface area contributed by atoms with E-state index in [9.17, 15) is 8.42 Å². The molecule has 2 aromatic rings. The van der Waals surface area contributed by atoms with Crippen LogP contribution in [-0.4, -0.2) is 80.4 Å². The molecule has 29 heavy (non-hydrogen) atoms. The predicted molar refractivity (Wildman–Crippen MR) is 117 cm³/mol. The highest BCUT2D eigenvalue weighted by atomic mass is 32.2. The van der Waals surface area contributed by atoms with Crippen molar-refractivity contribution < 1.29 is 8.42 Å². The van der Waals surface area contributed by atoms with Crippen molar-refractivity contribution in [3.63, 3.8) is 0 Å². The molecule has 4 rings (SSSR count). The monoisotopic (exact) mass is 418 g/mol. The molecule has 0 amide bonds. The standard InChI is InChI=1S/C20H30N6O2S/c1-23(2)20-18-15-17(7-8-19(18)21-16-22-20)24-11-13-26(14-12-24)29(27,28)25-9-5-3-4-6-10-25/h7-8,15-16H,3-6,9-14H2,1-2H3. The van der Waals surface area contributed by atoms with E-state index in [1.165, 1.54) is 0 Å². The fourth-order valence-electron chi connectivity index (χ4n) is 4.20. The first-order chi connectivity index (χ1) is 14.0. The lowest BCUT2D eigenvalue weighted by Gasteiger charge is -2.37. The molecule has 2 aliphatic heterocycles. The van der Waals surface area contributed by atoms with Crippen LogP contribution in [0, 0.1) is 0 Å². The van der Waals surface area contributed by atoms with Gasteiger partial charge in [0.2, 0.25) is 0 Å². The fourth-order valence-corrected chi connectivity index (χ4v) is 5.87. The lowest BCUT2D eigenvalue weighted by molar-refractivity contribution is 0.327. The summed E-state index contributed by atoms with van der Waals surface area (Å²) in [4.78, 5) is 13.0. The summed E-state index contributed by atoms with van der Waals surface area (Å²) in [6.07, 6.45) is 5.77. The quantitative estimate of drug-likeness (QED) is 0.756. The number of aromatic nitrogens is 2. The molecule has 0 aliphatic carbocycles. The molecule has 1 aromatic heterocycles. The largest absolute Gasteiger partial charge is 0.369 e. The maximum Gasteiger partial charge on any atom is 0.282 e. The van der Waals surface area contributed by atoms with E-state index in [0.29, 0.717) is 39.3 Å². The summed E-state index contributed by atoms with van der Waals surface area (Å²) < 4.78 is 29.4. The van der Waals surface area contributed by atoms with E-state index in [1.54, 1.807) is 14.9 Å². The molecule has 8 nitrogen and oxygen atoms in total. The summed E-state index contributed by atoms with van der Waals surface area (Å²) in [6.45, 7) is 3.71. The molecule has 2 fully saturated rings. The molecular weight excluding hydrogens is 388 g/mol. The molecular formula is C20H30N6O2S. The highest BCUT2D eigenvalue weighted by molar-refractivity contribution is 7.86. The number of rotatable bonds is 4. The van der Waals surface area contributed by atoms with Gasteiger partial charge in [-0.1, -0.05) is 12.8 Å². The Bertz CT molecular complexity index is 949. The Kier molecular flexibility index (Phi) is 5.89. The van der Waals surface area contributed by atoms with E-state index < -0.39 is 10.2 Å². The van der Waals surface area contributed by atoms with E-state index in [0.717, 1.165) is 48.1 Å². The van der Waals surface area contributed by atoms with Crippen LogP contribution in [0.4, 0.5) is 11.5 Å². The molecule has 2 saturated heterocycles. The van der Waals surface area contributed by atoms with Crippen molar-refractivity contribution in [1.82, 2.24) is 18.6 Å². The van der Waals surface area contributed by atoms with Gasteiger partial charge in [0, 0.05) is 64.4 Å². The summed E-state index contributed by atoms with van der Waals surface area (Å²) in [5.74, 6) is 0.888. The first-order valence-corrected chi connectivity index (χ1v) is 11.8. The third-order valence-electron chi connectivity index (χ3n) is 5.84. The van der Waals surface area contributed by atoms with Crippen LogP contribution in [0.1, 0.15) is 25.7 Å². The van der Waals surface area contributed by atoms with Gasteiger partial charge in [-0.05, 0) is 31.0 Å². The van der Waals surface area contributed by atoms with Crippen molar-refractivity contribution in [1.29, 1.82) is 0 Å². The molecule has 0 unspecified atom stereocenters. The number of fused-ring (bicyclic) bond motifs is 1. The van der Waals surface area contributed by atoms with Gasteiger partial charge in [-0.25, -0.2) is 9.97 Å². The number of hydrogen-bond acceptors (Lipinski definition) is 6. The second-order valence-corrected chi connectivity index (χ2v) is 9.93. The van der Waals surface area contributed by atoms with E-state index in [-0.39, 0.29) is 0 Å². The third-order valence-corrected chi connectivity index (χ3v) is 7.88. The maximum atomic E-state index is 13.0. The van der Waals surface area contributed by atoms with Crippen molar-refractivity contribution in [3.8, 4) is 0 Å². The number of nitrogens with zero attached hydrogens (tertiary/aromatic N) is 6. The molecule has 9 heteroatoms. The van der Waals surface area contributed by atoms with E-state index in [2.05, 4.69) is 27.0 Å². The van der Waals surface area contributed by atoms with Crippen molar-refractivity contribution >= 4 is 32.6 Å². The molecule has 1 aromatic carbocycles. The van der Waals surface area contributed by atoms with Crippen LogP contribution in [0.25, 0.3) is 10.9 Å². The van der Waals surface area contributed by atoms with E-state index in [1.807, 2.05) is 25.1 Å². The smallest absolute Gasteiger partial charge is 0.282 e. The van der Waals surface area contributed by atoms with Gasteiger partial charge in [0.1, 0.15) is 12.1 Å². The Hall–Kier alpha value is -1.97. The van der Waals surface area contributed by atoms with Gasteiger partial charge in [-0.2, -0.15) is 17.0 Å². The minimum absolute atomic E-state index is 0.517. The van der Waals surface area contributed by atoms with Gasteiger partial charge in [-0.3, -0.25) is 0 Å². The summed E-state index contributed by atoms with van der Waals surface area (Å²) in [6, 6.07) is 6.19. The highest BCUT2D eigenvalue weighted by Gasteiger charge is 2.32. The zero-order valence-electron chi connectivity index (χ0n) is 17.3. The summed E-state index contributed by atoms with van der Waals surface area (Å²) in [5, 5.41) is 1.01. The van der Waals surface area contributed by atoms with Gasteiger partial charge in [-0.15, -0.1) is 0 Å². The van der Waals surface area contributed by atoms with Crippen LogP contribution in [0.5, 0.6) is 0 Å². The summed E-state index contributed by atoms with van der Waals surface area (Å²) in [5.41, 5.74) is 2.00. The van der Waals surface area contributed by atoms with Gasteiger partial charge >= 0.3 is 0 Å². The minimum Gasteiger partial charge on any atom is -0.369 e. The van der Waals surface area contributed by atoms with Gasteiger partial charge in [0.25, 0.3) is 10.2 Å². The lowest BCUT2D eigenvalue weighted by Crippen LogP contribution is -2.53. The molecule has 3 heterocycles. The molecule has 0 saturated carbocycles. The highest BCUT2D eigenvalue weighted by Crippen LogP contribution is 2.28. The molecule has 0 spiro atoms. The van der Waals surface area contributed by atoms with Crippen LogP contribution in [0.2, 0.25) is 0 Å². The number of benzene rings is 1. The van der Waals surface area contributed by atoms with Gasteiger partial charge < -0.3 is 9.80 Å². The number of anilines is 2. The van der Waals surface area contributed by atoms with Gasteiger partial charge in [0.15, 0.2) is 0 Å². The van der Waals surface area contributed by atoms with Crippen molar-refractivity contribution in [2.45, 2.75) is 25.7 Å². The maximum absolute atomic E-state index is 13.0. The lowest BCUT2D eigenvalue weighted by atomic mass is 10.1. The number of piperazine rings is 1. The Morgan fingerprint density at radius 3 is 2.17 bits per heavy atom. The fraction of sp³-hybridized carbons (Fsp3) is 0.600. The minimum atomic E-state index is -3.35. The Labute approximate surface area is 173 Å². The Morgan fingerprint density at radius 1 is 0.862 bits per heavy atom. The van der Waals surface area contributed by atoms with Crippen LogP contribution in [-0.2, 0) is 10.2 Å².